The average molecular weight is 427 g/mol. The van der Waals surface area contributed by atoms with Gasteiger partial charge in [0.2, 0.25) is 0 Å². The van der Waals surface area contributed by atoms with Crippen molar-refractivity contribution >= 4 is 28.9 Å². The number of allylic oxidation sites excluding steroid dienone is 1. The number of non-ortho nitro benzene ring substituents is 1. The van der Waals surface area contributed by atoms with Gasteiger partial charge in [-0.25, -0.2) is 0 Å². The van der Waals surface area contributed by atoms with E-state index in [0.717, 1.165) is 11.1 Å². The Balaban J connectivity index is 1.74. The fourth-order valence-electron chi connectivity index (χ4n) is 2.99. The monoisotopic (exact) mass is 427 g/mol. The Kier molecular flexibility index (Phi) is 6.99. The van der Waals surface area contributed by atoms with Crippen LogP contribution in [0.4, 0.5) is 11.4 Å². The number of benzene rings is 3. The standard InChI is InChI=1S/C25H21N3O4/c1-17-7-10-22(13-18(17)2)27-25(29)16-32-24-6-4-3-5-20(24)14-21(15-26)19-8-11-23(12-9-19)28(30)31/h3-14H,16H2,1-2H3,(H,27,29)/b21-14-. The van der Waals surface area contributed by atoms with E-state index in [1.165, 1.54) is 24.3 Å². The summed E-state index contributed by atoms with van der Waals surface area (Å²) >= 11 is 0. The maximum absolute atomic E-state index is 12.3. The Bertz CT molecular complexity index is 1220. The van der Waals surface area contributed by atoms with E-state index < -0.39 is 4.92 Å². The molecule has 0 spiro atoms. The molecule has 0 aliphatic heterocycles. The summed E-state index contributed by atoms with van der Waals surface area (Å²) in [6.07, 6.45) is 1.62. The number of nitriles is 1. The maximum Gasteiger partial charge on any atom is 0.269 e. The van der Waals surface area contributed by atoms with Gasteiger partial charge in [-0.2, -0.15) is 5.26 Å². The number of rotatable bonds is 7. The van der Waals surface area contributed by atoms with Crippen molar-refractivity contribution < 1.29 is 14.5 Å². The molecule has 0 fully saturated rings. The van der Waals surface area contributed by atoms with E-state index in [-0.39, 0.29) is 18.2 Å². The second-order valence-corrected chi connectivity index (χ2v) is 7.15. The largest absolute Gasteiger partial charge is 0.483 e. The predicted molar refractivity (Wildman–Crippen MR) is 123 cm³/mol. The number of nitro benzene ring substituents is 1. The molecule has 0 bridgehead atoms. The van der Waals surface area contributed by atoms with Crippen LogP contribution in [-0.2, 0) is 4.79 Å². The third kappa shape index (κ3) is 5.58. The van der Waals surface area contributed by atoms with Gasteiger partial charge in [0.15, 0.2) is 6.61 Å². The second-order valence-electron chi connectivity index (χ2n) is 7.15. The minimum atomic E-state index is -0.494. The van der Waals surface area contributed by atoms with E-state index in [1.54, 1.807) is 30.3 Å². The fraction of sp³-hybridized carbons (Fsp3) is 0.120. The Morgan fingerprint density at radius 1 is 1.09 bits per heavy atom. The van der Waals surface area contributed by atoms with E-state index in [0.29, 0.717) is 28.1 Å². The van der Waals surface area contributed by atoms with Gasteiger partial charge in [0.05, 0.1) is 16.6 Å². The van der Waals surface area contributed by atoms with E-state index in [4.69, 9.17) is 4.74 Å². The van der Waals surface area contributed by atoms with Crippen LogP contribution in [0.5, 0.6) is 5.75 Å². The van der Waals surface area contributed by atoms with E-state index in [9.17, 15) is 20.2 Å². The Morgan fingerprint density at radius 3 is 2.47 bits per heavy atom. The lowest BCUT2D eigenvalue weighted by Gasteiger charge is -2.11. The summed E-state index contributed by atoms with van der Waals surface area (Å²) in [7, 11) is 0. The van der Waals surface area contributed by atoms with Crippen molar-refractivity contribution in [1.82, 2.24) is 0 Å². The van der Waals surface area contributed by atoms with Crippen molar-refractivity contribution in [1.29, 1.82) is 5.26 Å². The molecule has 3 aromatic rings. The highest BCUT2D eigenvalue weighted by molar-refractivity contribution is 5.93. The highest BCUT2D eigenvalue weighted by Crippen LogP contribution is 2.26. The van der Waals surface area contributed by atoms with Gasteiger partial charge in [0.25, 0.3) is 11.6 Å². The summed E-state index contributed by atoms with van der Waals surface area (Å²) in [5, 5.41) is 23.2. The third-order valence-electron chi connectivity index (χ3n) is 4.88. The molecule has 0 saturated carbocycles. The zero-order chi connectivity index (χ0) is 23.1. The van der Waals surface area contributed by atoms with Crippen LogP contribution < -0.4 is 10.1 Å². The molecule has 0 aliphatic carbocycles. The molecule has 1 amide bonds. The summed E-state index contributed by atoms with van der Waals surface area (Å²) in [6.45, 7) is 3.78. The van der Waals surface area contributed by atoms with Gasteiger partial charge in [-0.05, 0) is 66.9 Å². The van der Waals surface area contributed by atoms with Gasteiger partial charge in [0, 0.05) is 23.4 Å². The van der Waals surface area contributed by atoms with Crippen LogP contribution in [0.1, 0.15) is 22.3 Å². The Morgan fingerprint density at radius 2 is 1.81 bits per heavy atom. The topological polar surface area (TPSA) is 105 Å². The molecule has 1 N–H and O–H groups in total. The van der Waals surface area contributed by atoms with Crippen LogP contribution in [0.2, 0.25) is 0 Å². The summed E-state index contributed by atoms with van der Waals surface area (Å²) in [4.78, 5) is 22.7. The van der Waals surface area contributed by atoms with Gasteiger partial charge in [-0.3, -0.25) is 14.9 Å². The van der Waals surface area contributed by atoms with Crippen LogP contribution in [0.15, 0.2) is 66.7 Å². The number of aryl methyl sites for hydroxylation is 2. The van der Waals surface area contributed by atoms with Crippen molar-refractivity contribution in [2.45, 2.75) is 13.8 Å². The Labute approximate surface area is 185 Å². The number of hydrogen-bond acceptors (Lipinski definition) is 5. The molecule has 160 valence electrons. The summed E-state index contributed by atoms with van der Waals surface area (Å²) in [5.41, 5.74) is 4.33. The first-order valence-corrected chi connectivity index (χ1v) is 9.83. The molecule has 0 aliphatic rings. The first kappa shape index (κ1) is 22.2. The van der Waals surface area contributed by atoms with E-state index >= 15 is 0 Å². The number of hydrogen-bond donors (Lipinski definition) is 1. The van der Waals surface area contributed by atoms with Crippen LogP contribution in [0.3, 0.4) is 0 Å². The molecule has 0 radical (unpaired) electrons. The lowest BCUT2D eigenvalue weighted by Crippen LogP contribution is -2.20. The molecule has 0 heterocycles. The highest BCUT2D eigenvalue weighted by atomic mass is 16.6. The molecule has 7 nitrogen and oxygen atoms in total. The number of nitrogens with zero attached hydrogens (tertiary/aromatic N) is 2. The second kappa shape index (κ2) is 10.0. The predicted octanol–water partition coefficient (Wildman–Crippen LogP) is 5.29. The highest BCUT2D eigenvalue weighted by Gasteiger charge is 2.10. The molecule has 0 unspecified atom stereocenters. The van der Waals surface area contributed by atoms with Gasteiger partial charge >= 0.3 is 0 Å². The first-order valence-electron chi connectivity index (χ1n) is 9.83. The fourth-order valence-corrected chi connectivity index (χ4v) is 2.99. The summed E-state index contributed by atoms with van der Waals surface area (Å²) < 4.78 is 5.70. The molecule has 0 saturated heterocycles. The number of nitrogens with one attached hydrogen (secondary N) is 1. The van der Waals surface area contributed by atoms with Crippen LogP contribution >= 0.6 is 0 Å². The van der Waals surface area contributed by atoms with Gasteiger partial charge in [-0.1, -0.05) is 24.3 Å². The van der Waals surface area contributed by atoms with Crippen molar-refractivity contribution in [3.8, 4) is 11.8 Å². The van der Waals surface area contributed by atoms with Crippen LogP contribution in [0.25, 0.3) is 11.6 Å². The molecule has 32 heavy (non-hydrogen) atoms. The van der Waals surface area contributed by atoms with Crippen molar-refractivity contribution in [2.75, 3.05) is 11.9 Å². The lowest BCUT2D eigenvalue weighted by molar-refractivity contribution is -0.384. The van der Waals surface area contributed by atoms with E-state index in [1.807, 2.05) is 32.0 Å². The smallest absolute Gasteiger partial charge is 0.269 e. The number of para-hydroxylation sites is 1. The van der Waals surface area contributed by atoms with Gasteiger partial charge in [-0.15, -0.1) is 0 Å². The van der Waals surface area contributed by atoms with Gasteiger partial charge < -0.3 is 10.1 Å². The number of anilines is 1. The molecular formula is C25H21N3O4. The van der Waals surface area contributed by atoms with Crippen molar-refractivity contribution in [2.24, 2.45) is 0 Å². The zero-order valence-corrected chi connectivity index (χ0v) is 17.7. The first-order chi connectivity index (χ1) is 15.4. The number of nitro groups is 1. The van der Waals surface area contributed by atoms with Crippen molar-refractivity contribution in [3.05, 3.63) is 99.1 Å². The number of amides is 1. The molecule has 0 aromatic heterocycles. The molecule has 3 aromatic carbocycles. The number of carbonyl (C=O) groups excluding carboxylic acids is 1. The minimum absolute atomic E-state index is 0.0513. The zero-order valence-electron chi connectivity index (χ0n) is 17.7. The number of carbonyl (C=O) groups is 1. The van der Waals surface area contributed by atoms with Crippen LogP contribution in [0, 0.1) is 35.3 Å². The Hall–Kier alpha value is -4.44. The third-order valence-corrected chi connectivity index (χ3v) is 4.88. The average Bonchev–Trinajstić information content (AvgIpc) is 2.79. The maximum atomic E-state index is 12.3. The minimum Gasteiger partial charge on any atom is -0.483 e. The molecule has 3 rings (SSSR count). The molecular weight excluding hydrogens is 406 g/mol. The lowest BCUT2D eigenvalue weighted by atomic mass is 10.0. The van der Waals surface area contributed by atoms with Crippen molar-refractivity contribution in [3.63, 3.8) is 0 Å². The SMILES string of the molecule is Cc1ccc(NC(=O)COc2ccccc2/C=C(/C#N)c2ccc([N+](=O)[O-])cc2)cc1C. The summed E-state index contributed by atoms with van der Waals surface area (Å²) in [6, 6.07) is 20.5. The quantitative estimate of drug-likeness (QED) is 0.239. The number of ether oxygens (including phenoxy) is 1. The summed E-state index contributed by atoms with van der Waals surface area (Å²) in [5.74, 6) is 0.139. The van der Waals surface area contributed by atoms with E-state index in [2.05, 4.69) is 11.4 Å². The normalized spacial score (nSPS) is 10.8. The van der Waals surface area contributed by atoms with Crippen LogP contribution in [-0.4, -0.2) is 17.4 Å². The molecule has 0 atom stereocenters. The van der Waals surface area contributed by atoms with Gasteiger partial charge in [0.1, 0.15) is 5.75 Å². The molecule has 7 heteroatoms.